The van der Waals surface area contributed by atoms with Gasteiger partial charge in [0.1, 0.15) is 5.69 Å². The average Bonchev–Trinajstić information content (AvgIpc) is 3.34. The summed E-state index contributed by atoms with van der Waals surface area (Å²) in [6, 6.07) is 5.10. The minimum Gasteiger partial charge on any atom is -0.466 e. The summed E-state index contributed by atoms with van der Waals surface area (Å²) >= 11 is 1.31. The zero-order chi connectivity index (χ0) is 19.9. The molecule has 1 aromatic carbocycles. The van der Waals surface area contributed by atoms with Crippen molar-refractivity contribution < 1.29 is 14.5 Å². The van der Waals surface area contributed by atoms with E-state index < -0.39 is 0 Å². The number of thiazole rings is 1. The number of aromatic nitrogens is 1. The lowest BCUT2D eigenvalue weighted by molar-refractivity contribution is -0.384. The van der Waals surface area contributed by atoms with Gasteiger partial charge in [-0.05, 0) is 25.8 Å². The van der Waals surface area contributed by atoms with Crippen molar-refractivity contribution >= 4 is 40.0 Å². The summed E-state index contributed by atoms with van der Waals surface area (Å²) in [5, 5.41) is 17.8. The van der Waals surface area contributed by atoms with Crippen LogP contribution in [0.25, 0.3) is 0 Å². The molecular weight excluding hydrogens is 382 g/mol. The van der Waals surface area contributed by atoms with Crippen LogP contribution in [0.2, 0.25) is 0 Å². The Bertz CT molecular complexity index is 877. The summed E-state index contributed by atoms with van der Waals surface area (Å²) in [5.41, 5.74) is 4.73. The lowest BCUT2D eigenvalue weighted by atomic mass is 10.1. The Hall–Kier alpha value is -3.01. The summed E-state index contributed by atoms with van der Waals surface area (Å²) in [5.74, 6) is -0.326. The lowest BCUT2D eigenvalue weighted by Gasteiger charge is -2.17. The Balaban J connectivity index is 1.64. The van der Waals surface area contributed by atoms with Crippen LogP contribution in [-0.2, 0) is 16.0 Å². The molecule has 0 aliphatic carbocycles. The van der Waals surface area contributed by atoms with Gasteiger partial charge in [-0.1, -0.05) is 6.07 Å². The van der Waals surface area contributed by atoms with Gasteiger partial charge < -0.3 is 9.64 Å². The number of anilines is 2. The molecule has 1 aliphatic rings. The molecule has 148 valence electrons. The van der Waals surface area contributed by atoms with Crippen LogP contribution in [0.4, 0.5) is 16.5 Å². The number of carbonyl (C=O) groups excluding carboxylic acids is 1. The molecule has 0 saturated carbocycles. The molecule has 0 bridgehead atoms. The summed E-state index contributed by atoms with van der Waals surface area (Å²) in [7, 11) is 0. The number of rotatable bonds is 8. The van der Waals surface area contributed by atoms with E-state index in [9.17, 15) is 14.9 Å². The first kappa shape index (κ1) is 19.7. The quantitative estimate of drug-likeness (QED) is 0.312. The number of nitro benzene ring substituents is 1. The molecule has 3 rings (SSSR count). The van der Waals surface area contributed by atoms with E-state index in [4.69, 9.17) is 4.74 Å². The molecule has 1 saturated heterocycles. The minimum absolute atomic E-state index is 0.0804. The molecule has 2 aromatic rings. The van der Waals surface area contributed by atoms with Crippen LogP contribution in [0.5, 0.6) is 0 Å². The van der Waals surface area contributed by atoms with E-state index in [1.165, 1.54) is 23.6 Å². The van der Waals surface area contributed by atoms with Crippen LogP contribution in [0.3, 0.4) is 0 Å². The fourth-order valence-electron chi connectivity index (χ4n) is 2.95. The topological polar surface area (TPSA) is 110 Å². The van der Waals surface area contributed by atoms with Crippen LogP contribution in [0, 0.1) is 10.1 Å². The second-order valence-corrected chi connectivity index (χ2v) is 7.05. The Morgan fingerprint density at radius 1 is 1.46 bits per heavy atom. The largest absolute Gasteiger partial charge is 0.466 e. The number of hydrogen-bond donors (Lipinski definition) is 1. The molecule has 1 aromatic heterocycles. The van der Waals surface area contributed by atoms with Gasteiger partial charge in [0.15, 0.2) is 0 Å². The van der Waals surface area contributed by atoms with Crippen molar-refractivity contribution in [3.8, 4) is 0 Å². The first-order valence-corrected chi connectivity index (χ1v) is 9.87. The van der Waals surface area contributed by atoms with Gasteiger partial charge in [0, 0.05) is 30.1 Å². The van der Waals surface area contributed by atoms with E-state index in [1.54, 1.807) is 24.4 Å². The van der Waals surface area contributed by atoms with E-state index in [-0.39, 0.29) is 23.0 Å². The Morgan fingerprint density at radius 3 is 2.96 bits per heavy atom. The van der Waals surface area contributed by atoms with Crippen LogP contribution in [0.15, 0.2) is 28.7 Å². The highest BCUT2D eigenvalue weighted by Gasteiger charge is 2.22. The van der Waals surface area contributed by atoms with Crippen molar-refractivity contribution in [1.29, 1.82) is 0 Å². The molecule has 28 heavy (non-hydrogen) atoms. The number of carbonyl (C=O) groups is 1. The van der Waals surface area contributed by atoms with Crippen molar-refractivity contribution in [3.05, 3.63) is 45.0 Å². The molecule has 0 unspecified atom stereocenters. The van der Waals surface area contributed by atoms with E-state index in [1.807, 2.05) is 4.90 Å². The number of hydrazone groups is 1. The maximum atomic E-state index is 11.5. The molecule has 2 heterocycles. The average molecular weight is 403 g/mol. The van der Waals surface area contributed by atoms with Gasteiger partial charge in [0.05, 0.1) is 29.9 Å². The van der Waals surface area contributed by atoms with Crippen LogP contribution >= 0.6 is 11.3 Å². The fourth-order valence-corrected chi connectivity index (χ4v) is 3.61. The zero-order valence-electron chi connectivity index (χ0n) is 15.5. The molecule has 9 nitrogen and oxygen atoms in total. The van der Waals surface area contributed by atoms with Gasteiger partial charge in [-0.15, -0.1) is 11.3 Å². The van der Waals surface area contributed by atoms with E-state index in [0.717, 1.165) is 25.9 Å². The zero-order valence-corrected chi connectivity index (χ0v) is 16.3. The summed E-state index contributed by atoms with van der Waals surface area (Å²) < 4.78 is 4.89. The van der Waals surface area contributed by atoms with Crippen molar-refractivity contribution in [3.63, 3.8) is 0 Å². The van der Waals surface area contributed by atoms with Crippen LogP contribution in [0.1, 0.15) is 31.0 Å². The molecule has 0 atom stereocenters. The smallest absolute Gasteiger partial charge is 0.311 e. The number of hydrogen-bond acceptors (Lipinski definition) is 9. The number of nitro groups is 1. The first-order chi connectivity index (χ1) is 13.6. The highest BCUT2D eigenvalue weighted by molar-refractivity contribution is 7.13. The van der Waals surface area contributed by atoms with Gasteiger partial charge in [0.25, 0.3) is 5.69 Å². The lowest BCUT2D eigenvalue weighted by Crippen LogP contribution is -2.18. The molecule has 1 N–H and O–H groups in total. The number of ether oxygens (including phenoxy) is 1. The Kier molecular flexibility index (Phi) is 6.53. The highest BCUT2D eigenvalue weighted by Crippen LogP contribution is 2.31. The number of esters is 1. The van der Waals surface area contributed by atoms with Crippen molar-refractivity contribution in [2.24, 2.45) is 5.10 Å². The van der Waals surface area contributed by atoms with E-state index >= 15 is 0 Å². The monoisotopic (exact) mass is 403 g/mol. The molecule has 0 spiro atoms. The maximum absolute atomic E-state index is 11.5. The Labute approximate surface area is 166 Å². The normalized spacial score (nSPS) is 13.8. The maximum Gasteiger partial charge on any atom is 0.311 e. The van der Waals surface area contributed by atoms with Gasteiger partial charge in [0.2, 0.25) is 5.13 Å². The van der Waals surface area contributed by atoms with Crippen molar-refractivity contribution in [2.75, 3.05) is 30.0 Å². The van der Waals surface area contributed by atoms with Crippen molar-refractivity contribution in [2.45, 2.75) is 26.2 Å². The predicted octanol–water partition coefficient (Wildman–Crippen LogP) is 3.20. The van der Waals surface area contributed by atoms with E-state index in [0.29, 0.717) is 28.7 Å². The third-order valence-corrected chi connectivity index (χ3v) is 5.00. The number of nitrogens with zero attached hydrogens (tertiary/aromatic N) is 4. The molecule has 1 fully saturated rings. The molecule has 0 amide bonds. The highest BCUT2D eigenvalue weighted by atomic mass is 32.1. The number of nitrogens with one attached hydrogen (secondary N) is 1. The van der Waals surface area contributed by atoms with Crippen molar-refractivity contribution in [1.82, 2.24) is 4.98 Å². The van der Waals surface area contributed by atoms with Crippen LogP contribution in [-0.4, -0.2) is 41.8 Å². The summed E-state index contributed by atoms with van der Waals surface area (Å²) in [6.07, 6.45) is 3.72. The Morgan fingerprint density at radius 2 is 2.25 bits per heavy atom. The van der Waals surface area contributed by atoms with Gasteiger partial charge in [-0.25, -0.2) is 4.98 Å². The SMILES string of the molecule is CCOC(=O)Cc1csc(NN=Cc2ccc(N3CCCC3)c([N+](=O)[O-])c2)n1. The molecular formula is C18H21N5O4S. The predicted molar refractivity (Wildman–Crippen MR) is 108 cm³/mol. The van der Waals surface area contributed by atoms with E-state index in [2.05, 4.69) is 15.5 Å². The van der Waals surface area contributed by atoms with Gasteiger partial charge >= 0.3 is 5.97 Å². The third-order valence-electron chi connectivity index (χ3n) is 4.20. The van der Waals surface area contributed by atoms with Crippen LogP contribution < -0.4 is 10.3 Å². The van der Waals surface area contributed by atoms with Gasteiger partial charge in [-0.2, -0.15) is 5.10 Å². The minimum atomic E-state index is -0.360. The summed E-state index contributed by atoms with van der Waals surface area (Å²) in [6.45, 7) is 3.77. The molecule has 1 aliphatic heterocycles. The summed E-state index contributed by atoms with van der Waals surface area (Å²) in [4.78, 5) is 28.8. The third kappa shape index (κ3) is 5.03. The molecule has 10 heteroatoms. The second kappa shape index (κ2) is 9.27. The molecule has 0 radical (unpaired) electrons. The standard InChI is InChI=1S/C18H21N5O4S/c1-2-27-17(24)10-14-12-28-18(20-14)21-19-11-13-5-6-15(16(9-13)23(25)26)22-7-3-4-8-22/h5-6,9,11-12H,2-4,7-8,10H2,1H3,(H,20,21). The second-order valence-electron chi connectivity index (χ2n) is 6.20. The first-order valence-electron chi connectivity index (χ1n) is 8.99. The van der Waals surface area contributed by atoms with Gasteiger partial charge in [-0.3, -0.25) is 20.3 Å². The fraction of sp³-hybridized carbons (Fsp3) is 0.389. The number of benzene rings is 1.